The number of rotatable bonds is 4. The molecule has 0 unspecified atom stereocenters. The second kappa shape index (κ2) is 9.50. The van der Waals surface area contributed by atoms with E-state index in [2.05, 4.69) is 24.4 Å². The van der Waals surface area contributed by atoms with E-state index in [0.717, 1.165) is 43.3 Å². The van der Waals surface area contributed by atoms with Crippen LogP contribution in [-0.2, 0) is 16.1 Å². The molecule has 188 valence electrons. The van der Waals surface area contributed by atoms with E-state index in [9.17, 15) is 9.59 Å². The number of nitrogens with one attached hydrogen (secondary N) is 1. The van der Waals surface area contributed by atoms with Gasteiger partial charge in [0.25, 0.3) is 11.8 Å². The second-order valence-electron chi connectivity index (χ2n) is 9.71. The van der Waals surface area contributed by atoms with Crippen LogP contribution >= 0.6 is 11.3 Å². The molecule has 0 saturated carbocycles. The monoisotopic (exact) mass is 519 g/mol. The van der Waals surface area contributed by atoms with E-state index in [1.54, 1.807) is 16.2 Å². The minimum atomic E-state index is -0.812. The van der Waals surface area contributed by atoms with Crippen molar-refractivity contribution in [1.82, 2.24) is 4.98 Å². The van der Waals surface area contributed by atoms with Crippen LogP contribution in [0.15, 0.2) is 85.1 Å². The normalized spacial score (nSPS) is 15.0. The molecule has 2 aromatic heterocycles. The number of hydrogen-bond donors (Lipinski definition) is 1. The van der Waals surface area contributed by atoms with E-state index in [-0.39, 0.29) is 18.4 Å². The fraction of sp³-hybridized carbons (Fsp3) is 0.161. The summed E-state index contributed by atoms with van der Waals surface area (Å²) in [4.78, 5) is 33.7. The number of aromatic nitrogens is 2. The summed E-state index contributed by atoms with van der Waals surface area (Å²) in [5.74, 6) is -0.389. The number of aryl methyl sites for hydroxylation is 3. The van der Waals surface area contributed by atoms with Gasteiger partial charge < -0.3 is 5.32 Å². The highest BCUT2D eigenvalue weighted by Gasteiger charge is 2.43. The van der Waals surface area contributed by atoms with Crippen LogP contribution in [0.25, 0.3) is 20.8 Å². The van der Waals surface area contributed by atoms with Crippen molar-refractivity contribution in [3.63, 3.8) is 0 Å². The SMILES string of the molecule is Cc1ccc2nc(-c3ccc(N4C(=O)C[n+]5ccccc5[C@@H]4C(=O)Nc4c(C)cccc4C)cc3)sc2c1. The number of amides is 2. The fourth-order valence-corrected chi connectivity index (χ4v) is 6.12. The zero-order chi connectivity index (χ0) is 26.4. The summed E-state index contributed by atoms with van der Waals surface area (Å²) in [5, 5.41) is 4.04. The molecule has 1 aliphatic heterocycles. The molecule has 0 aliphatic carbocycles. The van der Waals surface area contributed by atoms with Gasteiger partial charge in [-0.3, -0.25) is 14.5 Å². The third-order valence-corrected chi connectivity index (χ3v) is 8.07. The van der Waals surface area contributed by atoms with E-state index >= 15 is 0 Å². The smallest absolute Gasteiger partial charge is 0.294 e. The van der Waals surface area contributed by atoms with Crippen molar-refractivity contribution in [2.24, 2.45) is 0 Å². The van der Waals surface area contributed by atoms with Gasteiger partial charge in [0.2, 0.25) is 18.3 Å². The summed E-state index contributed by atoms with van der Waals surface area (Å²) in [6.45, 7) is 6.18. The number of para-hydroxylation sites is 1. The Labute approximate surface area is 225 Å². The summed E-state index contributed by atoms with van der Waals surface area (Å²) < 4.78 is 3.00. The number of pyridine rings is 1. The highest BCUT2D eigenvalue weighted by molar-refractivity contribution is 7.21. The van der Waals surface area contributed by atoms with Gasteiger partial charge in [0, 0.05) is 29.1 Å². The highest BCUT2D eigenvalue weighted by Crippen LogP contribution is 2.35. The fourth-order valence-electron chi connectivity index (χ4n) is 5.05. The number of anilines is 2. The van der Waals surface area contributed by atoms with Gasteiger partial charge in [0.1, 0.15) is 5.01 Å². The molecule has 2 amide bonds. The Bertz CT molecular complexity index is 1690. The van der Waals surface area contributed by atoms with Crippen molar-refractivity contribution in [1.29, 1.82) is 0 Å². The molecule has 7 heteroatoms. The van der Waals surface area contributed by atoms with Crippen molar-refractivity contribution in [2.45, 2.75) is 33.4 Å². The molecule has 0 saturated heterocycles. The van der Waals surface area contributed by atoms with E-state index in [0.29, 0.717) is 5.69 Å². The van der Waals surface area contributed by atoms with E-state index in [1.165, 1.54) is 5.56 Å². The third-order valence-electron chi connectivity index (χ3n) is 7.00. The van der Waals surface area contributed by atoms with Crippen molar-refractivity contribution in [3.8, 4) is 10.6 Å². The lowest BCUT2D eigenvalue weighted by Crippen LogP contribution is -2.58. The molecule has 5 aromatic rings. The first-order valence-electron chi connectivity index (χ1n) is 12.5. The summed E-state index contributed by atoms with van der Waals surface area (Å²) in [6.07, 6.45) is 1.85. The summed E-state index contributed by atoms with van der Waals surface area (Å²) >= 11 is 1.65. The number of benzene rings is 3. The van der Waals surface area contributed by atoms with Crippen molar-refractivity contribution < 1.29 is 14.2 Å². The highest BCUT2D eigenvalue weighted by atomic mass is 32.1. The van der Waals surface area contributed by atoms with Crippen LogP contribution in [0.1, 0.15) is 28.4 Å². The van der Waals surface area contributed by atoms with Gasteiger partial charge in [-0.15, -0.1) is 11.3 Å². The molecule has 1 aliphatic rings. The van der Waals surface area contributed by atoms with Gasteiger partial charge in [-0.05, 0) is 73.9 Å². The van der Waals surface area contributed by atoms with Gasteiger partial charge in [0.15, 0.2) is 6.20 Å². The van der Waals surface area contributed by atoms with Gasteiger partial charge in [-0.1, -0.05) is 30.3 Å². The summed E-state index contributed by atoms with van der Waals surface area (Å²) in [5.41, 5.74) is 7.32. The second-order valence-corrected chi connectivity index (χ2v) is 10.7. The summed E-state index contributed by atoms with van der Waals surface area (Å²) in [6, 6.07) is 24.8. The van der Waals surface area contributed by atoms with Crippen LogP contribution in [-0.4, -0.2) is 16.8 Å². The standard InChI is InChI=1S/C31H26N4O2S/c1-19-10-15-24-26(17-19)38-31(32-24)22-11-13-23(14-12-22)35-27(36)18-34-16-5-4-9-25(34)29(35)30(37)33-28-20(2)7-6-8-21(28)3/h4-17,29H,18H2,1-3H3/p+1/t29-/m1/s1. The van der Waals surface area contributed by atoms with E-state index in [1.807, 2.05) is 91.3 Å². The predicted octanol–water partition coefficient (Wildman–Crippen LogP) is 5.90. The van der Waals surface area contributed by atoms with Crippen molar-refractivity contribution in [2.75, 3.05) is 10.2 Å². The molecule has 1 N–H and O–H groups in total. The molecular weight excluding hydrogens is 492 g/mol. The largest absolute Gasteiger partial charge is 0.323 e. The number of thiazole rings is 1. The Morgan fingerprint density at radius 2 is 1.74 bits per heavy atom. The third kappa shape index (κ3) is 4.25. The predicted molar refractivity (Wildman–Crippen MR) is 151 cm³/mol. The van der Waals surface area contributed by atoms with E-state index < -0.39 is 6.04 Å². The number of carbonyl (C=O) groups is 2. The van der Waals surface area contributed by atoms with Crippen LogP contribution in [0.3, 0.4) is 0 Å². The quantitative estimate of drug-likeness (QED) is 0.301. The lowest BCUT2D eigenvalue weighted by atomic mass is 10.0. The average Bonchev–Trinajstić information content (AvgIpc) is 3.33. The van der Waals surface area contributed by atoms with Crippen LogP contribution in [0, 0.1) is 20.8 Å². The average molecular weight is 520 g/mol. The van der Waals surface area contributed by atoms with Crippen LogP contribution < -0.4 is 14.8 Å². The maximum Gasteiger partial charge on any atom is 0.294 e. The van der Waals surface area contributed by atoms with Crippen LogP contribution in [0.2, 0.25) is 0 Å². The Hall–Kier alpha value is -4.36. The first-order valence-corrected chi connectivity index (χ1v) is 13.4. The molecule has 0 spiro atoms. The summed E-state index contributed by atoms with van der Waals surface area (Å²) in [7, 11) is 0. The minimum Gasteiger partial charge on any atom is -0.323 e. The lowest BCUT2D eigenvalue weighted by Gasteiger charge is -2.32. The molecular formula is C31H27N4O2S+. The molecule has 6 rings (SSSR count). The van der Waals surface area contributed by atoms with Gasteiger partial charge >= 0.3 is 0 Å². The zero-order valence-electron chi connectivity index (χ0n) is 21.4. The molecule has 3 aromatic carbocycles. The molecule has 6 nitrogen and oxygen atoms in total. The minimum absolute atomic E-state index is 0.140. The van der Waals surface area contributed by atoms with E-state index in [4.69, 9.17) is 4.98 Å². The first-order chi connectivity index (χ1) is 18.4. The van der Waals surface area contributed by atoms with Gasteiger partial charge in [-0.25, -0.2) is 4.98 Å². The lowest BCUT2D eigenvalue weighted by molar-refractivity contribution is -0.695. The molecule has 3 heterocycles. The molecule has 38 heavy (non-hydrogen) atoms. The van der Waals surface area contributed by atoms with Crippen LogP contribution in [0.4, 0.5) is 11.4 Å². The molecule has 1 atom stereocenters. The maximum atomic E-state index is 13.9. The zero-order valence-corrected chi connectivity index (χ0v) is 22.3. The Balaban J connectivity index is 1.38. The number of nitrogens with zero attached hydrogens (tertiary/aromatic N) is 3. The van der Waals surface area contributed by atoms with Gasteiger partial charge in [-0.2, -0.15) is 4.57 Å². The van der Waals surface area contributed by atoms with Crippen molar-refractivity contribution in [3.05, 3.63) is 107 Å². The maximum absolute atomic E-state index is 13.9. The number of hydrogen-bond acceptors (Lipinski definition) is 4. The molecule has 0 fully saturated rings. The Morgan fingerprint density at radius 3 is 2.50 bits per heavy atom. The van der Waals surface area contributed by atoms with Crippen LogP contribution in [0.5, 0.6) is 0 Å². The first kappa shape index (κ1) is 24.0. The number of carbonyl (C=O) groups excluding carboxylic acids is 2. The topological polar surface area (TPSA) is 66.2 Å². The van der Waals surface area contributed by atoms with Crippen molar-refractivity contribution >= 4 is 44.7 Å². The molecule has 0 radical (unpaired) electrons. The Kier molecular flexibility index (Phi) is 6.00. The Morgan fingerprint density at radius 1 is 0.974 bits per heavy atom. The molecule has 0 bridgehead atoms. The number of fused-ring (bicyclic) bond motifs is 2. The van der Waals surface area contributed by atoms with Gasteiger partial charge in [0.05, 0.1) is 10.2 Å².